The molecule has 1 rings (SSSR count). The molecule has 0 aliphatic heterocycles. The van der Waals surface area contributed by atoms with E-state index < -0.39 is 18.6 Å². The molecule has 90 valence electrons. The van der Waals surface area contributed by atoms with Crippen molar-refractivity contribution in [3.63, 3.8) is 0 Å². The molecule has 1 heterocycles. The average Bonchev–Trinajstić information content (AvgIpc) is 2.61. The van der Waals surface area contributed by atoms with Gasteiger partial charge >= 0.3 is 6.18 Å². The number of nitrogens with zero attached hydrogens (tertiary/aromatic N) is 1. The lowest BCUT2D eigenvalue weighted by Gasteiger charge is -2.06. The van der Waals surface area contributed by atoms with Gasteiger partial charge in [-0.1, -0.05) is 0 Å². The number of thiazole rings is 1. The van der Waals surface area contributed by atoms with Crippen LogP contribution in [0.2, 0.25) is 0 Å². The number of hydrogen-bond donors (Lipinski definition) is 1. The zero-order valence-corrected chi connectivity index (χ0v) is 9.55. The van der Waals surface area contributed by atoms with Crippen LogP contribution in [-0.4, -0.2) is 23.6 Å². The van der Waals surface area contributed by atoms with E-state index >= 15 is 0 Å². The quantitative estimate of drug-likeness (QED) is 0.853. The highest BCUT2D eigenvalue weighted by Gasteiger charge is 2.27. The summed E-state index contributed by atoms with van der Waals surface area (Å²) in [7, 11) is 0. The summed E-state index contributed by atoms with van der Waals surface area (Å²) in [5.74, 6) is -0.478. The maximum absolute atomic E-state index is 11.8. The molecule has 1 aromatic rings. The zero-order valence-electron chi connectivity index (χ0n) is 7.97. The maximum Gasteiger partial charge on any atom is 0.405 e. The Kier molecular flexibility index (Phi) is 4.55. The normalized spacial score (nSPS) is 11.5. The van der Waals surface area contributed by atoms with Crippen molar-refractivity contribution in [3.8, 4) is 0 Å². The molecule has 0 aromatic carbocycles. The van der Waals surface area contributed by atoms with Gasteiger partial charge in [0.15, 0.2) is 0 Å². The van der Waals surface area contributed by atoms with Crippen molar-refractivity contribution in [2.75, 3.05) is 6.54 Å². The molecule has 16 heavy (non-hydrogen) atoms. The first kappa shape index (κ1) is 13.2. The lowest BCUT2D eigenvalue weighted by Crippen LogP contribution is -2.34. The molecule has 0 bridgehead atoms. The zero-order chi connectivity index (χ0) is 12.2. The molecule has 0 unspecified atom stereocenters. The molecule has 0 aliphatic carbocycles. The van der Waals surface area contributed by atoms with Crippen LogP contribution in [-0.2, 0) is 17.1 Å². The van der Waals surface area contributed by atoms with Crippen molar-refractivity contribution in [2.24, 2.45) is 0 Å². The third-order valence-electron chi connectivity index (χ3n) is 1.53. The molecular weight excluding hydrogens is 265 g/mol. The predicted octanol–water partition coefficient (Wildman–Crippen LogP) is 2.10. The molecule has 0 fully saturated rings. The molecule has 1 N–H and O–H groups in total. The first-order valence-electron chi connectivity index (χ1n) is 4.23. The number of halogens is 4. The van der Waals surface area contributed by atoms with Gasteiger partial charge in [0.2, 0.25) is 5.91 Å². The number of aromatic nitrogens is 1. The van der Waals surface area contributed by atoms with E-state index in [9.17, 15) is 18.0 Å². The summed E-state index contributed by atoms with van der Waals surface area (Å²) >= 11 is 6.69. The third-order valence-corrected chi connectivity index (χ3v) is 2.71. The van der Waals surface area contributed by atoms with Gasteiger partial charge in [0.1, 0.15) is 11.6 Å². The lowest BCUT2D eigenvalue weighted by atomic mass is 10.4. The van der Waals surface area contributed by atoms with Crippen LogP contribution in [0.1, 0.15) is 10.7 Å². The number of amides is 1. The molecule has 1 amide bonds. The van der Waals surface area contributed by atoms with Gasteiger partial charge in [0, 0.05) is 5.38 Å². The second-order valence-corrected chi connectivity index (χ2v) is 4.14. The highest BCUT2D eigenvalue weighted by molar-refractivity contribution is 7.09. The van der Waals surface area contributed by atoms with E-state index in [4.69, 9.17) is 11.6 Å². The van der Waals surface area contributed by atoms with Gasteiger partial charge < -0.3 is 5.32 Å². The van der Waals surface area contributed by atoms with Gasteiger partial charge in [-0.2, -0.15) is 13.2 Å². The topological polar surface area (TPSA) is 42.0 Å². The fourth-order valence-corrected chi connectivity index (χ4v) is 1.91. The molecule has 0 aliphatic rings. The van der Waals surface area contributed by atoms with Gasteiger partial charge in [0.25, 0.3) is 0 Å². The van der Waals surface area contributed by atoms with Crippen molar-refractivity contribution in [3.05, 3.63) is 16.1 Å². The summed E-state index contributed by atoms with van der Waals surface area (Å²) in [5, 5.41) is 3.89. The van der Waals surface area contributed by atoms with Crippen LogP contribution in [0, 0.1) is 0 Å². The lowest BCUT2D eigenvalue weighted by molar-refractivity contribution is -0.138. The van der Waals surface area contributed by atoms with Gasteiger partial charge in [-0.15, -0.1) is 22.9 Å². The standard InChI is InChI=1S/C8H8ClF3N2OS/c9-2-5-3-16-7(14-5)1-6(15)13-4-8(10,11)12/h3H,1-2,4H2,(H,13,15). The molecule has 8 heteroatoms. The Morgan fingerprint density at radius 2 is 2.25 bits per heavy atom. The van der Waals surface area contributed by atoms with Crippen molar-refractivity contribution >= 4 is 28.8 Å². The minimum atomic E-state index is -4.39. The summed E-state index contributed by atoms with van der Waals surface area (Å²) in [6.45, 7) is -1.32. The molecule has 0 atom stereocenters. The Labute approximate surface area is 98.6 Å². The number of hydrogen-bond acceptors (Lipinski definition) is 3. The third kappa shape index (κ3) is 4.80. The van der Waals surface area contributed by atoms with Crippen molar-refractivity contribution in [2.45, 2.75) is 18.5 Å². The Morgan fingerprint density at radius 3 is 2.75 bits per heavy atom. The van der Waals surface area contributed by atoms with E-state index in [0.29, 0.717) is 10.7 Å². The van der Waals surface area contributed by atoms with Crippen LogP contribution in [0.25, 0.3) is 0 Å². The van der Waals surface area contributed by atoms with E-state index in [-0.39, 0.29) is 12.3 Å². The number of alkyl halides is 4. The summed E-state index contributed by atoms with van der Waals surface area (Å²) in [4.78, 5) is 15.0. The molecular formula is C8H8ClF3N2OS. The summed E-state index contributed by atoms with van der Waals surface area (Å²) in [6, 6.07) is 0. The Hall–Kier alpha value is -0.820. The number of rotatable bonds is 4. The molecule has 1 aromatic heterocycles. The summed E-state index contributed by atoms with van der Waals surface area (Å²) in [5.41, 5.74) is 0.616. The molecule has 0 radical (unpaired) electrons. The van der Waals surface area contributed by atoms with Crippen LogP contribution < -0.4 is 5.32 Å². The first-order chi connectivity index (χ1) is 7.40. The number of nitrogens with one attached hydrogen (secondary N) is 1. The Morgan fingerprint density at radius 1 is 1.56 bits per heavy atom. The highest BCUT2D eigenvalue weighted by Crippen LogP contribution is 2.14. The smallest absolute Gasteiger partial charge is 0.347 e. The van der Waals surface area contributed by atoms with E-state index in [1.807, 2.05) is 0 Å². The number of carbonyl (C=O) groups excluding carboxylic acids is 1. The maximum atomic E-state index is 11.8. The number of carbonyl (C=O) groups is 1. The second kappa shape index (κ2) is 5.49. The predicted molar refractivity (Wildman–Crippen MR) is 54.4 cm³/mol. The molecule has 0 spiro atoms. The van der Waals surface area contributed by atoms with E-state index in [0.717, 1.165) is 0 Å². The summed E-state index contributed by atoms with van der Waals surface area (Å²) in [6.07, 6.45) is -4.54. The van der Waals surface area contributed by atoms with Gasteiger partial charge in [-0.3, -0.25) is 4.79 Å². The van der Waals surface area contributed by atoms with Crippen LogP contribution >= 0.6 is 22.9 Å². The largest absolute Gasteiger partial charge is 0.405 e. The van der Waals surface area contributed by atoms with Crippen LogP contribution in [0.4, 0.5) is 13.2 Å². The average molecular weight is 273 g/mol. The highest BCUT2D eigenvalue weighted by atomic mass is 35.5. The monoisotopic (exact) mass is 272 g/mol. The Bertz CT molecular complexity index is 366. The first-order valence-corrected chi connectivity index (χ1v) is 5.65. The minimum Gasteiger partial charge on any atom is -0.347 e. The van der Waals surface area contributed by atoms with Gasteiger partial charge in [-0.05, 0) is 0 Å². The van der Waals surface area contributed by atoms with Crippen molar-refractivity contribution in [1.29, 1.82) is 0 Å². The van der Waals surface area contributed by atoms with Crippen LogP contribution in [0.5, 0.6) is 0 Å². The molecule has 0 saturated heterocycles. The second-order valence-electron chi connectivity index (χ2n) is 2.93. The fraction of sp³-hybridized carbons (Fsp3) is 0.500. The van der Waals surface area contributed by atoms with Gasteiger partial charge in [-0.25, -0.2) is 4.98 Å². The van der Waals surface area contributed by atoms with Crippen molar-refractivity contribution in [1.82, 2.24) is 10.3 Å². The molecule has 0 saturated carbocycles. The van der Waals surface area contributed by atoms with Crippen molar-refractivity contribution < 1.29 is 18.0 Å². The SMILES string of the molecule is O=C(Cc1nc(CCl)cs1)NCC(F)(F)F. The van der Waals surface area contributed by atoms with Crippen LogP contribution in [0.15, 0.2) is 5.38 Å². The van der Waals surface area contributed by atoms with Gasteiger partial charge in [0.05, 0.1) is 18.0 Å². The van der Waals surface area contributed by atoms with E-state index in [1.54, 1.807) is 10.7 Å². The Balaban J connectivity index is 2.40. The fourth-order valence-electron chi connectivity index (χ4n) is 0.890. The summed E-state index contributed by atoms with van der Waals surface area (Å²) < 4.78 is 35.3. The van der Waals surface area contributed by atoms with Crippen LogP contribution in [0.3, 0.4) is 0 Å². The minimum absolute atomic E-state index is 0.155. The van der Waals surface area contributed by atoms with E-state index in [2.05, 4.69) is 4.98 Å². The van der Waals surface area contributed by atoms with E-state index in [1.165, 1.54) is 11.3 Å². The molecule has 3 nitrogen and oxygen atoms in total.